The average Bonchev–Trinajstić information content (AvgIpc) is 2.58. The summed E-state index contributed by atoms with van der Waals surface area (Å²) in [4.78, 5) is 4.17. The normalized spacial score (nSPS) is 12.3. The van der Waals surface area contributed by atoms with E-state index in [0.29, 0.717) is 12.1 Å². The van der Waals surface area contributed by atoms with Gasteiger partial charge < -0.3 is 21.3 Å². The molecular formula is C17H31Cl2MnN5-4. The molecule has 8 heteroatoms. The minimum atomic E-state index is 0.00694. The zero-order valence-corrected chi connectivity index (χ0v) is 18.8. The van der Waals surface area contributed by atoms with E-state index in [2.05, 4.69) is 40.1 Å². The first-order valence-electron chi connectivity index (χ1n) is 8.12. The molecule has 0 aromatic carbocycles. The van der Waals surface area contributed by atoms with Crippen molar-refractivity contribution in [1.82, 2.24) is 4.98 Å². The molecule has 0 radical (unpaired) electrons. The molecule has 25 heavy (non-hydrogen) atoms. The Hall–Kier alpha value is 0.0895. The van der Waals surface area contributed by atoms with Crippen LogP contribution in [0.4, 0.5) is 0 Å². The van der Waals surface area contributed by atoms with Crippen LogP contribution in [0.1, 0.15) is 25.2 Å². The quantitative estimate of drug-likeness (QED) is 0.371. The molecule has 149 valence electrons. The van der Waals surface area contributed by atoms with Gasteiger partial charge in [0.2, 0.25) is 0 Å². The standard InChI is InChI=1S/C10H22N4.C7H9N.2ClH.Mn/c1-9(11-3)7-13-5-6-14-8-10(2)12-4;1-6-4-3-5-7(2)8-6;;;/h9-10H,5-8H2,1-4H3;3-5H,1-2H3;2*1H;/q-4;;;;+2/p-2/t9-,10-;;;;/m0..../s1. The Kier molecular flexibility index (Phi) is 22.3. The number of hydrogen-bond acceptors (Lipinski definition) is 1. The number of aromatic nitrogens is 1. The van der Waals surface area contributed by atoms with Crippen LogP contribution in [-0.2, 0) is 13.1 Å². The van der Waals surface area contributed by atoms with Crippen molar-refractivity contribution >= 4 is 20.2 Å². The Balaban J connectivity index is 0. The first-order chi connectivity index (χ1) is 11.9. The number of hydrogen-bond donors (Lipinski definition) is 0. The van der Waals surface area contributed by atoms with E-state index in [1.165, 1.54) is 0 Å². The summed E-state index contributed by atoms with van der Waals surface area (Å²) in [5.74, 6) is 0. The fraction of sp³-hybridized carbons (Fsp3) is 0.706. The summed E-state index contributed by atoms with van der Waals surface area (Å²) in [7, 11) is 13.2. The summed E-state index contributed by atoms with van der Waals surface area (Å²) < 4.78 is 0. The molecule has 0 aliphatic heterocycles. The summed E-state index contributed by atoms with van der Waals surface area (Å²) >= 11 is 0.00694. The van der Waals surface area contributed by atoms with Gasteiger partial charge in [0.05, 0.1) is 0 Å². The second-order valence-corrected chi connectivity index (χ2v) is 7.40. The molecule has 0 saturated heterocycles. The van der Waals surface area contributed by atoms with E-state index < -0.39 is 0 Å². The molecule has 0 bridgehead atoms. The van der Waals surface area contributed by atoms with E-state index in [9.17, 15) is 0 Å². The van der Waals surface area contributed by atoms with Crippen molar-refractivity contribution < 1.29 is 13.1 Å². The molecule has 1 aromatic heterocycles. The van der Waals surface area contributed by atoms with E-state index in [-0.39, 0.29) is 13.1 Å². The maximum atomic E-state index is 4.80. The minimum absolute atomic E-state index is 0.00694. The van der Waals surface area contributed by atoms with Crippen LogP contribution in [0.2, 0.25) is 0 Å². The predicted molar refractivity (Wildman–Crippen MR) is 109 cm³/mol. The van der Waals surface area contributed by atoms with Crippen molar-refractivity contribution in [3.63, 3.8) is 0 Å². The van der Waals surface area contributed by atoms with Crippen LogP contribution in [0.25, 0.3) is 21.3 Å². The first-order valence-corrected chi connectivity index (χ1v) is 11.4. The number of likely N-dealkylation sites (N-methyl/N-ethyl adjacent to an activating group) is 2. The second-order valence-electron chi connectivity index (χ2n) is 5.45. The zero-order chi connectivity index (χ0) is 19.5. The first kappa shape index (κ1) is 27.3. The van der Waals surface area contributed by atoms with Gasteiger partial charge in [-0.15, -0.1) is 0 Å². The third-order valence-corrected chi connectivity index (χ3v) is 3.11. The molecule has 0 amide bonds. The van der Waals surface area contributed by atoms with Gasteiger partial charge in [0.15, 0.2) is 0 Å². The van der Waals surface area contributed by atoms with Crippen molar-refractivity contribution in [3.8, 4) is 0 Å². The molecule has 0 N–H and O–H groups in total. The number of aryl methyl sites for hydroxylation is 2. The van der Waals surface area contributed by atoms with E-state index >= 15 is 0 Å². The van der Waals surface area contributed by atoms with Crippen molar-refractivity contribution in [2.45, 2.75) is 39.8 Å². The molecule has 1 heterocycles. The van der Waals surface area contributed by atoms with E-state index in [0.717, 1.165) is 37.6 Å². The monoisotopic (exact) mass is 430 g/mol. The van der Waals surface area contributed by atoms with Gasteiger partial charge in [0.25, 0.3) is 0 Å². The van der Waals surface area contributed by atoms with Gasteiger partial charge in [-0.3, -0.25) is 4.98 Å². The molecule has 0 spiro atoms. The van der Waals surface area contributed by atoms with Crippen LogP contribution >= 0.6 is 20.2 Å². The summed E-state index contributed by atoms with van der Waals surface area (Å²) in [5.41, 5.74) is 2.18. The Morgan fingerprint density at radius 1 is 0.920 bits per heavy atom. The van der Waals surface area contributed by atoms with Gasteiger partial charge in [-0.1, -0.05) is 19.9 Å². The van der Waals surface area contributed by atoms with Crippen molar-refractivity contribution in [1.29, 1.82) is 0 Å². The summed E-state index contributed by atoms with van der Waals surface area (Å²) in [6.07, 6.45) is 0. The van der Waals surface area contributed by atoms with Crippen LogP contribution in [0.15, 0.2) is 18.2 Å². The molecule has 2 atom stereocenters. The van der Waals surface area contributed by atoms with Gasteiger partial charge in [-0.25, -0.2) is 0 Å². The Bertz CT molecular complexity index is 368. The molecule has 5 nitrogen and oxygen atoms in total. The number of rotatable bonds is 9. The zero-order valence-electron chi connectivity index (χ0n) is 16.1. The van der Waals surface area contributed by atoms with Crippen LogP contribution in [0.5, 0.6) is 0 Å². The fourth-order valence-electron chi connectivity index (χ4n) is 1.54. The SMILES string of the molecule is C[N-][C@@H](C)C[N-]CC[N-]C[C@H](C)[N-]C.Cc1cccc(C)n1.[Cl][Mn][Cl]. The Morgan fingerprint density at radius 2 is 1.28 bits per heavy atom. The molecule has 0 aliphatic rings. The molecule has 1 rings (SSSR count). The Morgan fingerprint density at radius 3 is 1.52 bits per heavy atom. The summed E-state index contributed by atoms with van der Waals surface area (Å²) in [6.45, 7) is 11.4. The van der Waals surface area contributed by atoms with Gasteiger partial charge in [-0.2, -0.15) is 52.4 Å². The Labute approximate surface area is 169 Å². The number of halogens is 2. The summed E-state index contributed by atoms with van der Waals surface area (Å²) in [5, 5.41) is 16.9. The van der Waals surface area contributed by atoms with Crippen molar-refractivity contribution in [3.05, 3.63) is 50.9 Å². The van der Waals surface area contributed by atoms with Gasteiger partial charge in [0, 0.05) is 11.4 Å². The number of nitrogens with zero attached hydrogens (tertiary/aromatic N) is 5. The molecule has 0 fully saturated rings. The van der Waals surface area contributed by atoms with Crippen LogP contribution in [-0.4, -0.2) is 57.3 Å². The van der Waals surface area contributed by atoms with Crippen LogP contribution < -0.4 is 0 Å². The van der Waals surface area contributed by atoms with E-state index in [1.807, 2.05) is 46.1 Å². The predicted octanol–water partition coefficient (Wildman–Crippen LogP) is 5.59. The second kappa shape index (κ2) is 20.4. The molecule has 0 aliphatic carbocycles. The molecule has 0 unspecified atom stereocenters. The van der Waals surface area contributed by atoms with Crippen LogP contribution in [0, 0.1) is 13.8 Å². The van der Waals surface area contributed by atoms with Gasteiger partial charge in [0.1, 0.15) is 0 Å². The number of pyridine rings is 1. The van der Waals surface area contributed by atoms with Crippen molar-refractivity contribution in [2.75, 3.05) is 40.3 Å². The topological polar surface area (TPSA) is 69.3 Å². The third-order valence-electron chi connectivity index (χ3n) is 3.11. The van der Waals surface area contributed by atoms with Crippen molar-refractivity contribution in [2.24, 2.45) is 0 Å². The molecule has 1 aromatic rings. The third kappa shape index (κ3) is 22.0. The van der Waals surface area contributed by atoms with E-state index in [4.69, 9.17) is 20.2 Å². The maximum absolute atomic E-state index is 4.80. The van der Waals surface area contributed by atoms with Crippen LogP contribution in [0.3, 0.4) is 0 Å². The average molecular weight is 431 g/mol. The van der Waals surface area contributed by atoms with E-state index in [1.54, 1.807) is 0 Å². The fourth-order valence-corrected chi connectivity index (χ4v) is 1.54. The van der Waals surface area contributed by atoms with Gasteiger partial charge in [-0.05, 0) is 26.0 Å². The molecular weight excluding hydrogens is 400 g/mol. The molecule has 0 saturated carbocycles. The summed E-state index contributed by atoms with van der Waals surface area (Å²) in [6, 6.07) is 6.69. The van der Waals surface area contributed by atoms with Gasteiger partial charge >= 0.3 is 33.3 Å².